The van der Waals surface area contributed by atoms with E-state index in [2.05, 4.69) is 17.2 Å². The molecule has 0 bridgehead atoms. The molecule has 108 valence electrons. The second-order valence-corrected chi connectivity index (χ2v) is 5.49. The molecule has 0 fully saturated rings. The molecule has 3 nitrogen and oxygen atoms in total. The fraction of sp³-hybridized carbons (Fsp3) is 0.235. The number of aliphatic hydroxyl groups is 1. The van der Waals surface area contributed by atoms with Crippen molar-refractivity contribution in [3.05, 3.63) is 57.3 Å². The molecule has 0 aliphatic rings. The molecule has 0 aliphatic heterocycles. The molecule has 0 saturated heterocycles. The van der Waals surface area contributed by atoms with Gasteiger partial charge in [-0.2, -0.15) is 11.3 Å². The molecule has 2 N–H and O–H groups in total. The highest BCUT2D eigenvalue weighted by atomic mass is 32.1. The molecule has 0 aliphatic carbocycles. The predicted molar refractivity (Wildman–Crippen MR) is 85.3 cm³/mol. The Morgan fingerprint density at radius 3 is 2.90 bits per heavy atom. The Bertz CT molecular complexity index is 694. The number of carbonyl (C=O) groups is 1. The summed E-state index contributed by atoms with van der Waals surface area (Å²) < 4.78 is 0. The van der Waals surface area contributed by atoms with Gasteiger partial charge in [-0.3, -0.25) is 4.79 Å². The molecule has 1 amide bonds. The molecule has 1 atom stereocenters. The molecular weight excluding hydrogens is 282 g/mol. The maximum absolute atomic E-state index is 12.2. The monoisotopic (exact) mass is 299 g/mol. The van der Waals surface area contributed by atoms with Crippen LogP contribution >= 0.6 is 11.3 Å². The van der Waals surface area contributed by atoms with Gasteiger partial charge in [0.05, 0.1) is 11.6 Å². The molecule has 2 aromatic rings. The summed E-state index contributed by atoms with van der Waals surface area (Å²) in [7, 11) is 0. The van der Waals surface area contributed by atoms with E-state index in [9.17, 15) is 4.79 Å². The molecule has 0 radical (unpaired) electrons. The lowest BCUT2D eigenvalue weighted by Crippen LogP contribution is -2.26. The Morgan fingerprint density at radius 1 is 1.43 bits per heavy atom. The van der Waals surface area contributed by atoms with Gasteiger partial charge >= 0.3 is 0 Å². The van der Waals surface area contributed by atoms with Gasteiger partial charge in [-0.05, 0) is 42.5 Å². The SMILES string of the molecule is Cc1cscc1C(=O)NC(C)c1cccc(C#CCO)c1. The Kier molecular flexibility index (Phi) is 5.15. The fourth-order valence-electron chi connectivity index (χ4n) is 1.98. The number of benzene rings is 1. The molecular formula is C17H17NO2S. The highest BCUT2D eigenvalue weighted by Crippen LogP contribution is 2.17. The van der Waals surface area contributed by atoms with Crippen molar-refractivity contribution in [3.8, 4) is 11.8 Å². The minimum absolute atomic E-state index is 0.0619. The molecule has 0 spiro atoms. The number of hydrogen-bond acceptors (Lipinski definition) is 3. The first kappa shape index (κ1) is 15.3. The van der Waals surface area contributed by atoms with Crippen molar-refractivity contribution in [1.82, 2.24) is 5.32 Å². The van der Waals surface area contributed by atoms with Crippen LogP contribution in [0.25, 0.3) is 0 Å². The number of aliphatic hydroxyl groups excluding tert-OH is 1. The topological polar surface area (TPSA) is 49.3 Å². The van der Waals surface area contributed by atoms with Crippen molar-refractivity contribution in [2.24, 2.45) is 0 Å². The Labute approximate surface area is 128 Å². The molecule has 4 heteroatoms. The van der Waals surface area contributed by atoms with Crippen LogP contribution in [0, 0.1) is 18.8 Å². The van der Waals surface area contributed by atoms with Crippen molar-refractivity contribution in [2.75, 3.05) is 6.61 Å². The van der Waals surface area contributed by atoms with Gasteiger partial charge in [-0.1, -0.05) is 24.0 Å². The second-order valence-electron chi connectivity index (χ2n) is 4.75. The fourth-order valence-corrected chi connectivity index (χ4v) is 2.81. The molecule has 0 saturated carbocycles. The zero-order chi connectivity index (χ0) is 15.2. The number of rotatable bonds is 3. The van der Waals surface area contributed by atoms with E-state index in [1.807, 2.05) is 48.9 Å². The van der Waals surface area contributed by atoms with Crippen molar-refractivity contribution in [3.63, 3.8) is 0 Å². The minimum atomic E-state index is -0.159. The summed E-state index contributed by atoms with van der Waals surface area (Å²) in [6.07, 6.45) is 0. The molecule has 1 aromatic carbocycles. The highest BCUT2D eigenvalue weighted by Gasteiger charge is 2.14. The summed E-state index contributed by atoms with van der Waals surface area (Å²) in [4.78, 5) is 12.2. The number of carbonyl (C=O) groups excluding carboxylic acids is 1. The van der Waals surface area contributed by atoms with E-state index in [4.69, 9.17) is 5.11 Å². The number of thiophene rings is 1. The van der Waals surface area contributed by atoms with Gasteiger partial charge in [-0.15, -0.1) is 0 Å². The van der Waals surface area contributed by atoms with Gasteiger partial charge in [0.1, 0.15) is 6.61 Å². The first-order valence-corrected chi connectivity index (χ1v) is 7.59. The third-order valence-electron chi connectivity index (χ3n) is 3.15. The summed E-state index contributed by atoms with van der Waals surface area (Å²) in [5, 5.41) is 15.5. The molecule has 1 unspecified atom stereocenters. The number of amides is 1. The van der Waals surface area contributed by atoms with Crippen LogP contribution in [-0.2, 0) is 0 Å². The van der Waals surface area contributed by atoms with Crippen LogP contribution in [0.1, 0.15) is 40.0 Å². The minimum Gasteiger partial charge on any atom is -0.384 e. The van der Waals surface area contributed by atoms with Crippen molar-refractivity contribution in [2.45, 2.75) is 19.9 Å². The third kappa shape index (κ3) is 3.94. The van der Waals surface area contributed by atoms with E-state index in [0.717, 1.165) is 22.3 Å². The van der Waals surface area contributed by atoms with Crippen LogP contribution in [0.3, 0.4) is 0 Å². The van der Waals surface area contributed by atoms with Crippen LogP contribution < -0.4 is 5.32 Å². The maximum Gasteiger partial charge on any atom is 0.252 e. The molecule has 1 aromatic heterocycles. The summed E-state index contributed by atoms with van der Waals surface area (Å²) in [5.41, 5.74) is 3.53. The standard InChI is InChI=1S/C17H17NO2S/c1-12-10-21-11-16(12)17(20)18-13(2)15-7-3-5-14(9-15)6-4-8-19/h3,5,7,9-11,13,19H,8H2,1-2H3,(H,18,20). The average molecular weight is 299 g/mol. The largest absolute Gasteiger partial charge is 0.384 e. The summed E-state index contributed by atoms with van der Waals surface area (Å²) in [6.45, 7) is 3.72. The third-order valence-corrected chi connectivity index (χ3v) is 4.01. The lowest BCUT2D eigenvalue weighted by Gasteiger charge is -2.14. The van der Waals surface area contributed by atoms with E-state index in [1.54, 1.807) is 0 Å². The predicted octanol–water partition coefficient (Wildman–Crippen LogP) is 2.89. The second kappa shape index (κ2) is 7.07. The maximum atomic E-state index is 12.2. The van der Waals surface area contributed by atoms with Crippen LogP contribution in [0.4, 0.5) is 0 Å². The van der Waals surface area contributed by atoms with E-state index in [-0.39, 0.29) is 18.6 Å². The zero-order valence-electron chi connectivity index (χ0n) is 12.0. The van der Waals surface area contributed by atoms with Gasteiger partial charge < -0.3 is 10.4 Å². The summed E-state index contributed by atoms with van der Waals surface area (Å²) in [6, 6.07) is 7.55. The molecule has 21 heavy (non-hydrogen) atoms. The van der Waals surface area contributed by atoms with Gasteiger partial charge in [0.25, 0.3) is 5.91 Å². The van der Waals surface area contributed by atoms with Gasteiger partial charge in [0.2, 0.25) is 0 Å². The van der Waals surface area contributed by atoms with Crippen LogP contribution in [0.15, 0.2) is 35.0 Å². The lowest BCUT2D eigenvalue weighted by atomic mass is 10.0. The van der Waals surface area contributed by atoms with Crippen LogP contribution in [0.2, 0.25) is 0 Å². The van der Waals surface area contributed by atoms with Crippen molar-refractivity contribution >= 4 is 17.2 Å². The highest BCUT2D eigenvalue weighted by molar-refractivity contribution is 7.08. The van der Waals surface area contributed by atoms with Gasteiger partial charge in [0.15, 0.2) is 0 Å². The first-order valence-electron chi connectivity index (χ1n) is 6.65. The van der Waals surface area contributed by atoms with Crippen molar-refractivity contribution in [1.29, 1.82) is 0 Å². The Morgan fingerprint density at radius 2 is 2.24 bits per heavy atom. The molecule has 1 heterocycles. The van der Waals surface area contributed by atoms with E-state index < -0.39 is 0 Å². The lowest BCUT2D eigenvalue weighted by molar-refractivity contribution is 0.0940. The number of nitrogens with one attached hydrogen (secondary N) is 1. The summed E-state index contributed by atoms with van der Waals surface area (Å²) >= 11 is 1.53. The van der Waals surface area contributed by atoms with Crippen LogP contribution in [-0.4, -0.2) is 17.6 Å². The quantitative estimate of drug-likeness (QED) is 0.856. The Balaban J connectivity index is 2.11. The van der Waals surface area contributed by atoms with E-state index >= 15 is 0 Å². The smallest absolute Gasteiger partial charge is 0.252 e. The van der Waals surface area contributed by atoms with Crippen molar-refractivity contribution < 1.29 is 9.90 Å². The Hall–Kier alpha value is -2.09. The van der Waals surface area contributed by atoms with Gasteiger partial charge in [-0.25, -0.2) is 0 Å². The number of aryl methyl sites for hydroxylation is 1. The number of hydrogen-bond donors (Lipinski definition) is 2. The first-order chi connectivity index (χ1) is 10.1. The average Bonchev–Trinajstić information content (AvgIpc) is 2.91. The summed E-state index contributed by atoms with van der Waals surface area (Å²) in [5.74, 6) is 5.43. The molecule has 2 rings (SSSR count). The zero-order valence-corrected chi connectivity index (χ0v) is 12.8. The normalized spacial score (nSPS) is 11.4. The van der Waals surface area contributed by atoms with Crippen LogP contribution in [0.5, 0.6) is 0 Å². The van der Waals surface area contributed by atoms with E-state index in [1.165, 1.54) is 11.3 Å². The van der Waals surface area contributed by atoms with Gasteiger partial charge in [0, 0.05) is 10.9 Å². The van der Waals surface area contributed by atoms with E-state index in [0.29, 0.717) is 0 Å².